The fourth-order valence-corrected chi connectivity index (χ4v) is 2.43. The Morgan fingerprint density at radius 1 is 1.05 bits per heavy atom. The molecule has 0 fully saturated rings. The fourth-order valence-electron chi connectivity index (χ4n) is 2.43. The lowest BCUT2D eigenvalue weighted by atomic mass is 10.1. The topological polar surface area (TPSA) is 40.5 Å². The molecule has 3 nitrogen and oxygen atoms in total. The Hall–Kier alpha value is -1.35. The number of carbonyl (C=O) groups is 1. The van der Waals surface area contributed by atoms with Crippen molar-refractivity contribution in [3.05, 3.63) is 35.9 Å². The molecular weight excluding hydrogens is 262 g/mol. The van der Waals surface area contributed by atoms with E-state index in [1.807, 2.05) is 30.3 Å². The Balaban J connectivity index is 2.32. The number of hydrogen-bond donors (Lipinski definition) is 1. The summed E-state index contributed by atoms with van der Waals surface area (Å²) >= 11 is 0. The van der Waals surface area contributed by atoms with Gasteiger partial charge in [-0.05, 0) is 12.0 Å². The zero-order chi connectivity index (χ0) is 15.3. The molecule has 0 radical (unpaired) electrons. The average molecular weight is 291 g/mol. The molecule has 0 aliphatic rings. The van der Waals surface area contributed by atoms with E-state index in [-0.39, 0.29) is 12.5 Å². The van der Waals surface area contributed by atoms with E-state index >= 15 is 0 Å². The van der Waals surface area contributed by atoms with E-state index in [0.29, 0.717) is 19.5 Å². The predicted molar refractivity (Wildman–Crippen MR) is 86.9 cm³/mol. The van der Waals surface area contributed by atoms with E-state index in [9.17, 15) is 4.79 Å². The Bertz CT molecular complexity index is 378. The molecule has 0 bridgehead atoms. The van der Waals surface area contributed by atoms with Crippen LogP contribution in [0.2, 0.25) is 0 Å². The highest BCUT2D eigenvalue weighted by atomic mass is 16.3. The summed E-state index contributed by atoms with van der Waals surface area (Å²) in [4.78, 5) is 14.0. The zero-order valence-corrected chi connectivity index (χ0v) is 13.3. The third kappa shape index (κ3) is 7.86. The van der Waals surface area contributed by atoms with E-state index in [4.69, 9.17) is 5.11 Å². The fraction of sp³-hybridized carbons (Fsp3) is 0.611. The van der Waals surface area contributed by atoms with E-state index < -0.39 is 0 Å². The number of nitrogens with zero attached hydrogens (tertiary/aromatic N) is 1. The second-order valence-electron chi connectivity index (χ2n) is 5.54. The smallest absolute Gasteiger partial charge is 0.222 e. The summed E-state index contributed by atoms with van der Waals surface area (Å²) in [6.07, 6.45) is 7.72. The van der Waals surface area contributed by atoms with Crippen LogP contribution in [0.3, 0.4) is 0 Å². The Kier molecular flexibility index (Phi) is 9.55. The molecule has 118 valence electrons. The van der Waals surface area contributed by atoms with Crippen LogP contribution >= 0.6 is 0 Å². The number of rotatable bonds is 11. The second-order valence-corrected chi connectivity index (χ2v) is 5.54. The number of hydrogen-bond acceptors (Lipinski definition) is 2. The van der Waals surface area contributed by atoms with E-state index in [2.05, 4.69) is 6.92 Å². The highest BCUT2D eigenvalue weighted by molar-refractivity contribution is 5.76. The van der Waals surface area contributed by atoms with Crippen molar-refractivity contribution in [3.8, 4) is 0 Å². The minimum Gasteiger partial charge on any atom is -0.395 e. The summed E-state index contributed by atoms with van der Waals surface area (Å²) in [5.74, 6) is 0.156. The van der Waals surface area contributed by atoms with E-state index in [1.54, 1.807) is 4.90 Å². The van der Waals surface area contributed by atoms with E-state index in [1.165, 1.54) is 25.7 Å². The first kappa shape index (κ1) is 17.7. The van der Waals surface area contributed by atoms with Crippen molar-refractivity contribution >= 4 is 5.91 Å². The summed E-state index contributed by atoms with van der Waals surface area (Å²) in [5.41, 5.74) is 1.11. The van der Waals surface area contributed by atoms with Gasteiger partial charge in [-0.15, -0.1) is 0 Å². The van der Waals surface area contributed by atoms with Gasteiger partial charge in [0, 0.05) is 19.5 Å². The van der Waals surface area contributed by atoms with Crippen molar-refractivity contribution in [2.45, 2.75) is 58.4 Å². The monoisotopic (exact) mass is 291 g/mol. The maximum atomic E-state index is 12.2. The lowest BCUT2D eigenvalue weighted by molar-refractivity contribution is -0.132. The highest BCUT2D eigenvalue weighted by Gasteiger charge is 2.12. The Morgan fingerprint density at radius 2 is 1.71 bits per heavy atom. The van der Waals surface area contributed by atoms with Crippen molar-refractivity contribution < 1.29 is 9.90 Å². The number of aliphatic hydroxyl groups is 1. The van der Waals surface area contributed by atoms with Gasteiger partial charge in [-0.2, -0.15) is 0 Å². The molecule has 1 aromatic carbocycles. The maximum absolute atomic E-state index is 12.2. The molecule has 1 N–H and O–H groups in total. The molecule has 3 heteroatoms. The Labute approximate surface area is 129 Å². The number of benzene rings is 1. The number of unbranched alkanes of at least 4 members (excludes halogenated alkanes) is 5. The molecule has 0 atom stereocenters. The van der Waals surface area contributed by atoms with Crippen molar-refractivity contribution in [2.75, 3.05) is 13.2 Å². The van der Waals surface area contributed by atoms with Crippen LogP contribution < -0.4 is 0 Å². The second kappa shape index (κ2) is 11.3. The van der Waals surface area contributed by atoms with Crippen molar-refractivity contribution in [1.29, 1.82) is 0 Å². The number of amides is 1. The van der Waals surface area contributed by atoms with Gasteiger partial charge in [0.05, 0.1) is 6.61 Å². The number of carbonyl (C=O) groups excluding carboxylic acids is 1. The maximum Gasteiger partial charge on any atom is 0.222 e. The van der Waals surface area contributed by atoms with Crippen LogP contribution in [0.15, 0.2) is 30.3 Å². The minimum absolute atomic E-state index is 0.0229. The van der Waals surface area contributed by atoms with Crippen molar-refractivity contribution in [1.82, 2.24) is 4.90 Å². The molecule has 21 heavy (non-hydrogen) atoms. The lowest BCUT2D eigenvalue weighted by Gasteiger charge is -2.22. The van der Waals surface area contributed by atoms with Gasteiger partial charge in [0.15, 0.2) is 0 Å². The van der Waals surface area contributed by atoms with Gasteiger partial charge < -0.3 is 10.0 Å². The molecule has 0 unspecified atom stereocenters. The van der Waals surface area contributed by atoms with Gasteiger partial charge in [0.25, 0.3) is 0 Å². The first-order valence-electron chi connectivity index (χ1n) is 8.20. The minimum atomic E-state index is 0.0229. The number of aliphatic hydroxyl groups excluding tert-OH is 1. The largest absolute Gasteiger partial charge is 0.395 e. The van der Waals surface area contributed by atoms with E-state index in [0.717, 1.165) is 18.4 Å². The van der Waals surface area contributed by atoms with Gasteiger partial charge in [0.1, 0.15) is 0 Å². The van der Waals surface area contributed by atoms with Crippen LogP contribution in [0.25, 0.3) is 0 Å². The van der Waals surface area contributed by atoms with Gasteiger partial charge in [-0.3, -0.25) is 4.79 Å². The van der Waals surface area contributed by atoms with Crippen LogP contribution in [0.5, 0.6) is 0 Å². The van der Waals surface area contributed by atoms with Crippen LogP contribution in [-0.4, -0.2) is 29.1 Å². The molecule has 0 saturated heterocycles. The molecule has 0 aliphatic carbocycles. The molecule has 1 rings (SSSR count). The van der Waals surface area contributed by atoms with Crippen LogP contribution in [0.1, 0.15) is 57.4 Å². The molecule has 0 aliphatic heterocycles. The molecule has 0 saturated carbocycles. The first-order chi connectivity index (χ1) is 10.3. The van der Waals surface area contributed by atoms with Gasteiger partial charge in [-0.1, -0.05) is 69.4 Å². The summed E-state index contributed by atoms with van der Waals surface area (Å²) < 4.78 is 0. The van der Waals surface area contributed by atoms with Gasteiger partial charge >= 0.3 is 0 Å². The molecule has 0 heterocycles. The average Bonchev–Trinajstić information content (AvgIpc) is 2.51. The quantitative estimate of drug-likeness (QED) is 0.631. The van der Waals surface area contributed by atoms with Crippen LogP contribution in [0, 0.1) is 0 Å². The van der Waals surface area contributed by atoms with Crippen LogP contribution in [-0.2, 0) is 11.3 Å². The highest BCUT2D eigenvalue weighted by Crippen LogP contribution is 2.10. The third-order valence-electron chi connectivity index (χ3n) is 3.68. The molecule has 1 aromatic rings. The normalized spacial score (nSPS) is 10.6. The summed E-state index contributed by atoms with van der Waals surface area (Å²) in [5, 5.41) is 9.14. The summed E-state index contributed by atoms with van der Waals surface area (Å²) in [6, 6.07) is 9.96. The third-order valence-corrected chi connectivity index (χ3v) is 3.68. The Morgan fingerprint density at radius 3 is 2.38 bits per heavy atom. The predicted octanol–water partition coefficient (Wildman–Crippen LogP) is 3.76. The SMILES string of the molecule is CCCCCCCCC(=O)N(CCO)Cc1ccccc1. The summed E-state index contributed by atoms with van der Waals surface area (Å²) in [6.45, 7) is 3.24. The molecule has 0 spiro atoms. The molecule has 0 aromatic heterocycles. The molecule has 1 amide bonds. The van der Waals surface area contributed by atoms with Gasteiger partial charge in [-0.25, -0.2) is 0 Å². The van der Waals surface area contributed by atoms with Gasteiger partial charge in [0.2, 0.25) is 5.91 Å². The van der Waals surface area contributed by atoms with Crippen molar-refractivity contribution in [2.24, 2.45) is 0 Å². The summed E-state index contributed by atoms with van der Waals surface area (Å²) in [7, 11) is 0. The molecular formula is C18H29NO2. The lowest BCUT2D eigenvalue weighted by Crippen LogP contribution is -2.32. The van der Waals surface area contributed by atoms with Crippen molar-refractivity contribution in [3.63, 3.8) is 0 Å². The van der Waals surface area contributed by atoms with Crippen LogP contribution in [0.4, 0.5) is 0 Å². The standard InChI is InChI=1S/C18H29NO2/c1-2-3-4-5-6-10-13-18(21)19(14-15-20)16-17-11-8-7-9-12-17/h7-9,11-12,20H,2-6,10,13-16H2,1H3. The zero-order valence-electron chi connectivity index (χ0n) is 13.3. The first-order valence-corrected chi connectivity index (χ1v) is 8.20.